The van der Waals surface area contributed by atoms with Crippen LogP contribution in [0.2, 0.25) is 0 Å². The molecule has 0 unspecified atom stereocenters. The molecule has 0 saturated carbocycles. The number of rotatable bonds is 9. The van der Waals surface area contributed by atoms with E-state index in [-0.39, 0.29) is 16.8 Å². The Morgan fingerprint density at radius 3 is 2.08 bits per heavy atom. The number of esters is 1. The van der Waals surface area contributed by atoms with Crippen LogP contribution in [0.5, 0.6) is 17.2 Å². The molecule has 0 saturated heterocycles. The highest BCUT2D eigenvalue weighted by molar-refractivity contribution is 5.88. The largest absolute Gasteiger partial charge is 0.497 e. The minimum absolute atomic E-state index is 0.0305. The van der Waals surface area contributed by atoms with Crippen molar-refractivity contribution in [1.29, 1.82) is 0 Å². The monoisotopic (exact) mass is 528 g/mol. The first-order valence-electron chi connectivity index (χ1n) is 13.6. The lowest BCUT2D eigenvalue weighted by atomic mass is 9.62. The summed E-state index contributed by atoms with van der Waals surface area (Å²) < 4.78 is 22.7. The smallest absolute Gasteiger partial charge is 0.330 e. The van der Waals surface area contributed by atoms with Crippen molar-refractivity contribution in [2.45, 2.75) is 64.9 Å². The fraction of sp³-hybridized carbons (Fsp3) is 0.382. The number of methoxy groups -OCH3 is 2. The van der Waals surface area contributed by atoms with Crippen molar-refractivity contribution in [3.8, 4) is 28.4 Å². The third-order valence-electron chi connectivity index (χ3n) is 7.72. The van der Waals surface area contributed by atoms with Crippen LogP contribution < -0.4 is 14.2 Å². The van der Waals surface area contributed by atoms with Crippen LogP contribution in [0.25, 0.3) is 17.2 Å². The number of fused-ring (bicyclic) bond motifs is 1. The standard InChI is InChI=1S/C34H40O5/c1-8-38-32(35)16-12-23-11-15-30(37-7)26(19-23)27-20-28-29(34(4,5)18-17-33(28,2)3)21-31(27)39-22-24-9-13-25(36-6)14-10-24/h9-16,19-21H,8,17-18,22H2,1-7H3/b16-12+. The van der Waals surface area contributed by atoms with Gasteiger partial charge in [0.25, 0.3) is 0 Å². The van der Waals surface area contributed by atoms with Crippen LogP contribution in [-0.4, -0.2) is 26.8 Å². The van der Waals surface area contributed by atoms with Crippen molar-refractivity contribution in [2.24, 2.45) is 0 Å². The summed E-state index contributed by atoms with van der Waals surface area (Å²) in [6, 6.07) is 18.4. The number of carbonyl (C=O) groups is 1. The molecule has 1 aliphatic rings. The van der Waals surface area contributed by atoms with E-state index in [9.17, 15) is 4.79 Å². The van der Waals surface area contributed by atoms with Gasteiger partial charge in [-0.15, -0.1) is 0 Å². The molecule has 39 heavy (non-hydrogen) atoms. The van der Waals surface area contributed by atoms with Crippen molar-refractivity contribution in [2.75, 3.05) is 20.8 Å². The van der Waals surface area contributed by atoms with E-state index in [1.807, 2.05) is 42.5 Å². The van der Waals surface area contributed by atoms with Gasteiger partial charge >= 0.3 is 5.97 Å². The molecular weight excluding hydrogens is 488 g/mol. The topological polar surface area (TPSA) is 54.0 Å². The number of benzene rings is 3. The zero-order valence-corrected chi connectivity index (χ0v) is 24.2. The zero-order valence-electron chi connectivity index (χ0n) is 24.2. The normalized spacial score (nSPS) is 15.5. The minimum Gasteiger partial charge on any atom is -0.497 e. The Hall–Kier alpha value is -3.73. The van der Waals surface area contributed by atoms with Gasteiger partial charge in [-0.05, 0) is 95.3 Å². The van der Waals surface area contributed by atoms with Crippen molar-refractivity contribution >= 4 is 12.0 Å². The van der Waals surface area contributed by atoms with E-state index >= 15 is 0 Å². The SMILES string of the molecule is CCOC(=O)/C=C/c1ccc(OC)c(-c2cc3c(cc2OCc2ccc(OC)cc2)C(C)(C)CCC3(C)C)c1. The van der Waals surface area contributed by atoms with Crippen molar-refractivity contribution in [1.82, 2.24) is 0 Å². The number of hydrogen-bond donors (Lipinski definition) is 0. The second kappa shape index (κ2) is 11.6. The average Bonchev–Trinajstić information content (AvgIpc) is 2.93. The predicted octanol–water partition coefficient (Wildman–Crippen LogP) is 7.88. The summed E-state index contributed by atoms with van der Waals surface area (Å²) >= 11 is 0. The van der Waals surface area contributed by atoms with Crippen LogP contribution in [0.1, 0.15) is 69.7 Å². The average molecular weight is 529 g/mol. The van der Waals surface area contributed by atoms with E-state index < -0.39 is 0 Å². The van der Waals surface area contributed by atoms with E-state index in [1.165, 1.54) is 17.2 Å². The summed E-state index contributed by atoms with van der Waals surface area (Å²) in [6.07, 6.45) is 5.44. The molecule has 0 atom stereocenters. The lowest BCUT2D eigenvalue weighted by Crippen LogP contribution is -2.33. The Bertz CT molecular complexity index is 1350. The molecule has 0 aliphatic heterocycles. The molecule has 5 heteroatoms. The van der Waals surface area contributed by atoms with Crippen LogP contribution in [0.3, 0.4) is 0 Å². The minimum atomic E-state index is -0.365. The fourth-order valence-electron chi connectivity index (χ4n) is 5.20. The predicted molar refractivity (Wildman–Crippen MR) is 157 cm³/mol. The van der Waals surface area contributed by atoms with E-state index in [2.05, 4.69) is 39.8 Å². The molecular formula is C34H40O5. The first kappa shape index (κ1) is 28.3. The molecule has 0 N–H and O–H groups in total. The summed E-state index contributed by atoms with van der Waals surface area (Å²) in [4.78, 5) is 11.9. The van der Waals surface area contributed by atoms with Crippen LogP contribution in [-0.2, 0) is 27.0 Å². The summed E-state index contributed by atoms with van der Waals surface area (Å²) in [5.41, 5.74) is 6.53. The van der Waals surface area contributed by atoms with E-state index in [4.69, 9.17) is 18.9 Å². The molecule has 3 aromatic rings. The third kappa shape index (κ3) is 6.30. The van der Waals surface area contributed by atoms with Crippen LogP contribution in [0.4, 0.5) is 0 Å². The molecule has 0 bridgehead atoms. The molecule has 3 aromatic carbocycles. The van der Waals surface area contributed by atoms with Crippen LogP contribution in [0.15, 0.2) is 60.7 Å². The van der Waals surface area contributed by atoms with Gasteiger partial charge in [-0.2, -0.15) is 0 Å². The van der Waals surface area contributed by atoms with Crippen molar-refractivity contribution < 1.29 is 23.7 Å². The van der Waals surface area contributed by atoms with Gasteiger partial charge in [0.1, 0.15) is 23.9 Å². The lowest BCUT2D eigenvalue weighted by molar-refractivity contribution is -0.137. The van der Waals surface area contributed by atoms with Gasteiger partial charge in [0.2, 0.25) is 0 Å². The highest BCUT2D eigenvalue weighted by atomic mass is 16.5. The molecule has 206 valence electrons. The zero-order chi connectivity index (χ0) is 28.2. The molecule has 0 aromatic heterocycles. The molecule has 4 rings (SSSR count). The van der Waals surface area contributed by atoms with E-state index in [0.29, 0.717) is 13.2 Å². The van der Waals surface area contributed by atoms with Gasteiger partial charge in [-0.3, -0.25) is 0 Å². The number of carbonyl (C=O) groups excluding carboxylic acids is 1. The first-order chi connectivity index (χ1) is 18.6. The van der Waals surface area contributed by atoms with Gasteiger partial charge in [-0.1, -0.05) is 45.9 Å². The molecule has 0 heterocycles. The molecule has 1 aliphatic carbocycles. The van der Waals surface area contributed by atoms with Gasteiger partial charge in [0.05, 0.1) is 20.8 Å². The molecule has 0 amide bonds. The maximum Gasteiger partial charge on any atom is 0.330 e. The maximum absolute atomic E-state index is 11.9. The third-order valence-corrected chi connectivity index (χ3v) is 7.72. The summed E-state index contributed by atoms with van der Waals surface area (Å²) in [7, 11) is 3.34. The maximum atomic E-state index is 11.9. The van der Waals surface area contributed by atoms with E-state index in [1.54, 1.807) is 27.2 Å². The molecule has 0 spiro atoms. The van der Waals surface area contributed by atoms with E-state index in [0.717, 1.165) is 52.3 Å². The van der Waals surface area contributed by atoms with Gasteiger partial charge in [0.15, 0.2) is 0 Å². The Labute approximate surface area is 232 Å². The summed E-state index contributed by atoms with van der Waals surface area (Å²) in [6.45, 7) is 11.8. The second-order valence-corrected chi connectivity index (χ2v) is 11.3. The highest BCUT2D eigenvalue weighted by Crippen LogP contribution is 2.50. The summed E-state index contributed by atoms with van der Waals surface area (Å²) in [5, 5.41) is 0. The Kier molecular flexibility index (Phi) is 8.39. The van der Waals surface area contributed by atoms with Crippen LogP contribution >= 0.6 is 0 Å². The first-order valence-corrected chi connectivity index (χ1v) is 13.6. The van der Waals surface area contributed by atoms with Crippen LogP contribution in [0, 0.1) is 0 Å². The molecule has 0 radical (unpaired) electrons. The molecule has 0 fully saturated rings. The number of hydrogen-bond acceptors (Lipinski definition) is 5. The Balaban J connectivity index is 1.84. The summed E-state index contributed by atoms with van der Waals surface area (Å²) in [5.74, 6) is 2.00. The van der Waals surface area contributed by atoms with Crippen molar-refractivity contribution in [3.63, 3.8) is 0 Å². The van der Waals surface area contributed by atoms with Gasteiger partial charge in [-0.25, -0.2) is 4.79 Å². The fourth-order valence-corrected chi connectivity index (χ4v) is 5.20. The van der Waals surface area contributed by atoms with Gasteiger partial charge in [0, 0.05) is 17.2 Å². The highest BCUT2D eigenvalue weighted by Gasteiger charge is 2.38. The van der Waals surface area contributed by atoms with Gasteiger partial charge < -0.3 is 18.9 Å². The molecule has 5 nitrogen and oxygen atoms in total. The Morgan fingerprint density at radius 1 is 0.821 bits per heavy atom. The Morgan fingerprint density at radius 2 is 1.46 bits per heavy atom. The second-order valence-electron chi connectivity index (χ2n) is 11.3. The van der Waals surface area contributed by atoms with Crippen molar-refractivity contribution in [3.05, 3.63) is 82.9 Å². The quantitative estimate of drug-likeness (QED) is 0.209. The lowest BCUT2D eigenvalue weighted by Gasteiger charge is -2.42. The number of ether oxygens (including phenoxy) is 4.